The van der Waals surface area contributed by atoms with Gasteiger partial charge in [0, 0.05) is 17.3 Å². The summed E-state index contributed by atoms with van der Waals surface area (Å²) in [6.07, 6.45) is 5.35. The highest BCUT2D eigenvalue weighted by molar-refractivity contribution is 7.92. The Bertz CT molecular complexity index is 1560. The van der Waals surface area contributed by atoms with Crippen LogP contribution in [-0.4, -0.2) is 15.5 Å². The Balaban J connectivity index is 1.27. The molecule has 4 aromatic carbocycles. The molecular formula is C31H28N2O3S. The number of hydrogen-bond acceptors (Lipinski definition) is 4. The van der Waals surface area contributed by atoms with Crippen molar-refractivity contribution in [1.82, 2.24) is 0 Å². The molecule has 1 heterocycles. The molecule has 37 heavy (non-hydrogen) atoms. The van der Waals surface area contributed by atoms with E-state index in [1.807, 2.05) is 66.7 Å². The fourth-order valence-corrected chi connectivity index (χ4v) is 6.57. The van der Waals surface area contributed by atoms with Gasteiger partial charge in [-0.15, -0.1) is 0 Å². The van der Waals surface area contributed by atoms with Crippen LogP contribution in [0, 0.1) is 5.92 Å². The van der Waals surface area contributed by atoms with Crippen molar-refractivity contribution < 1.29 is 13.2 Å². The predicted octanol–water partition coefficient (Wildman–Crippen LogP) is 6.99. The lowest BCUT2D eigenvalue weighted by Gasteiger charge is -2.37. The van der Waals surface area contributed by atoms with E-state index in [2.05, 4.69) is 34.3 Å². The third-order valence-electron chi connectivity index (χ3n) is 7.34. The van der Waals surface area contributed by atoms with Gasteiger partial charge < -0.3 is 10.1 Å². The van der Waals surface area contributed by atoms with E-state index < -0.39 is 10.0 Å². The van der Waals surface area contributed by atoms with Crippen LogP contribution >= 0.6 is 0 Å². The molecule has 3 atom stereocenters. The summed E-state index contributed by atoms with van der Waals surface area (Å²) in [6.45, 7) is 0. The van der Waals surface area contributed by atoms with Gasteiger partial charge in [-0.3, -0.25) is 4.72 Å². The fourth-order valence-electron chi connectivity index (χ4n) is 5.48. The van der Waals surface area contributed by atoms with Crippen molar-refractivity contribution >= 4 is 21.4 Å². The molecule has 5 nitrogen and oxygen atoms in total. The molecule has 1 aliphatic carbocycles. The van der Waals surface area contributed by atoms with Crippen molar-refractivity contribution in [2.24, 2.45) is 5.92 Å². The second kappa shape index (κ2) is 9.45. The molecule has 1 aliphatic heterocycles. The smallest absolute Gasteiger partial charge is 0.261 e. The third-order valence-corrected chi connectivity index (χ3v) is 8.72. The molecule has 6 heteroatoms. The molecule has 186 valence electrons. The molecule has 0 spiro atoms. The molecule has 0 saturated heterocycles. The van der Waals surface area contributed by atoms with Crippen molar-refractivity contribution in [3.63, 3.8) is 0 Å². The predicted molar refractivity (Wildman–Crippen MR) is 148 cm³/mol. The maximum absolute atomic E-state index is 13.3. The first-order valence-corrected chi connectivity index (χ1v) is 13.9. The Morgan fingerprint density at radius 1 is 0.865 bits per heavy atom. The Morgan fingerprint density at radius 3 is 2.43 bits per heavy atom. The van der Waals surface area contributed by atoms with Gasteiger partial charge in [-0.2, -0.15) is 0 Å². The Kier molecular flexibility index (Phi) is 5.97. The lowest BCUT2D eigenvalue weighted by atomic mass is 9.77. The molecular weight excluding hydrogens is 480 g/mol. The van der Waals surface area contributed by atoms with Gasteiger partial charge in [0.1, 0.15) is 5.75 Å². The average Bonchev–Trinajstić information content (AvgIpc) is 3.43. The van der Waals surface area contributed by atoms with E-state index in [4.69, 9.17) is 4.74 Å². The van der Waals surface area contributed by atoms with Crippen LogP contribution in [0.4, 0.5) is 11.4 Å². The minimum atomic E-state index is -3.75. The fraction of sp³-hybridized carbons (Fsp3) is 0.161. The maximum atomic E-state index is 13.3. The van der Waals surface area contributed by atoms with Crippen LogP contribution < -0.4 is 14.8 Å². The van der Waals surface area contributed by atoms with E-state index in [1.165, 1.54) is 5.56 Å². The van der Waals surface area contributed by atoms with Gasteiger partial charge in [0.25, 0.3) is 10.0 Å². The molecule has 0 amide bonds. The molecule has 0 saturated carbocycles. The molecule has 2 N–H and O–H groups in total. The Hall–Kier alpha value is -4.03. The topological polar surface area (TPSA) is 67.4 Å². The summed E-state index contributed by atoms with van der Waals surface area (Å²) >= 11 is 0. The summed E-state index contributed by atoms with van der Waals surface area (Å²) < 4.78 is 34.8. The van der Waals surface area contributed by atoms with Crippen LogP contribution in [0.15, 0.2) is 114 Å². The number of nitrogens with one attached hydrogen (secondary N) is 2. The van der Waals surface area contributed by atoms with Gasteiger partial charge in [0.15, 0.2) is 0 Å². The minimum Gasteiger partial charge on any atom is -0.497 e. The minimum absolute atomic E-state index is 0.117. The summed E-state index contributed by atoms with van der Waals surface area (Å²) in [6, 6.07) is 31.1. The monoisotopic (exact) mass is 508 g/mol. The van der Waals surface area contributed by atoms with E-state index in [9.17, 15) is 8.42 Å². The second-order valence-corrected chi connectivity index (χ2v) is 11.2. The van der Waals surface area contributed by atoms with E-state index >= 15 is 0 Å². The number of rotatable bonds is 6. The first kappa shape index (κ1) is 23.4. The number of fused-ring (bicyclic) bond motifs is 3. The number of anilines is 2. The highest BCUT2D eigenvalue weighted by atomic mass is 32.2. The van der Waals surface area contributed by atoms with E-state index in [0.29, 0.717) is 11.6 Å². The molecule has 4 aromatic rings. The van der Waals surface area contributed by atoms with Crippen molar-refractivity contribution in [2.75, 3.05) is 17.1 Å². The molecule has 0 radical (unpaired) electrons. The summed E-state index contributed by atoms with van der Waals surface area (Å²) in [5.74, 6) is 1.28. The van der Waals surface area contributed by atoms with Crippen LogP contribution in [-0.2, 0) is 10.0 Å². The lowest BCUT2D eigenvalue weighted by Crippen LogP contribution is -2.29. The number of ether oxygens (including phenoxy) is 1. The highest BCUT2D eigenvalue weighted by Crippen LogP contribution is 2.50. The number of benzene rings is 4. The van der Waals surface area contributed by atoms with Gasteiger partial charge >= 0.3 is 0 Å². The Labute approximate surface area is 217 Å². The van der Waals surface area contributed by atoms with Crippen LogP contribution in [0.3, 0.4) is 0 Å². The van der Waals surface area contributed by atoms with Crippen LogP contribution in [0.1, 0.15) is 29.5 Å². The molecule has 6 rings (SSSR count). The van der Waals surface area contributed by atoms with Gasteiger partial charge in [0.2, 0.25) is 0 Å². The molecule has 0 unspecified atom stereocenters. The van der Waals surface area contributed by atoms with E-state index in [1.54, 1.807) is 25.3 Å². The third kappa shape index (κ3) is 4.49. The quantitative estimate of drug-likeness (QED) is 0.276. The highest BCUT2D eigenvalue weighted by Gasteiger charge is 2.38. The molecule has 0 bridgehead atoms. The second-order valence-electron chi connectivity index (χ2n) is 9.55. The Morgan fingerprint density at radius 2 is 1.65 bits per heavy atom. The van der Waals surface area contributed by atoms with Crippen molar-refractivity contribution in [3.8, 4) is 16.9 Å². The van der Waals surface area contributed by atoms with E-state index in [-0.39, 0.29) is 16.9 Å². The number of sulfonamides is 1. The molecule has 0 aromatic heterocycles. The van der Waals surface area contributed by atoms with Crippen molar-refractivity contribution in [2.45, 2.75) is 23.3 Å². The number of allylic oxidation sites excluding steroid dienone is 2. The number of hydrogen-bond donors (Lipinski definition) is 2. The number of methoxy groups -OCH3 is 1. The lowest BCUT2D eigenvalue weighted by molar-refractivity contribution is 0.406. The standard InChI is InChI=1S/C31H28N2O3S/c1-36-25-10-5-9-23(19-25)31-28-12-6-11-27(28)29-20-26(17-18-30(29)32-31)37(34,35)33-24-15-13-22(14-16-24)21-7-3-2-4-8-21/h2-11,13-20,27-28,31-33H,12H2,1H3/t27-,28+,31+/m0/s1. The largest absolute Gasteiger partial charge is 0.497 e. The SMILES string of the molecule is COc1cccc([C@H]2Nc3ccc(S(=O)(=O)Nc4ccc(-c5ccccc5)cc4)cc3[C@H]3C=CC[C@H]32)c1. The van der Waals surface area contributed by atoms with Crippen LogP contribution in [0.25, 0.3) is 11.1 Å². The zero-order chi connectivity index (χ0) is 25.4. The summed E-state index contributed by atoms with van der Waals surface area (Å²) in [5, 5.41) is 3.68. The van der Waals surface area contributed by atoms with Crippen LogP contribution in [0.5, 0.6) is 5.75 Å². The van der Waals surface area contributed by atoms with Gasteiger partial charge in [-0.25, -0.2) is 8.42 Å². The summed E-state index contributed by atoms with van der Waals surface area (Å²) in [4.78, 5) is 0.263. The maximum Gasteiger partial charge on any atom is 0.261 e. The van der Waals surface area contributed by atoms with Gasteiger partial charge in [-0.1, -0.05) is 66.7 Å². The van der Waals surface area contributed by atoms with Crippen LogP contribution in [0.2, 0.25) is 0 Å². The van der Waals surface area contributed by atoms with E-state index in [0.717, 1.165) is 34.5 Å². The normalized spacial score (nSPS) is 20.0. The van der Waals surface area contributed by atoms with Crippen molar-refractivity contribution in [1.29, 1.82) is 0 Å². The zero-order valence-corrected chi connectivity index (χ0v) is 21.3. The van der Waals surface area contributed by atoms with Crippen molar-refractivity contribution in [3.05, 3.63) is 120 Å². The van der Waals surface area contributed by atoms with Gasteiger partial charge in [-0.05, 0) is 77.1 Å². The average molecular weight is 509 g/mol. The first-order chi connectivity index (χ1) is 18.0. The zero-order valence-electron chi connectivity index (χ0n) is 20.5. The molecule has 2 aliphatic rings. The summed E-state index contributed by atoms with van der Waals surface area (Å²) in [7, 11) is -2.07. The first-order valence-electron chi connectivity index (χ1n) is 12.4. The summed E-state index contributed by atoms with van der Waals surface area (Å²) in [5.41, 5.74) is 5.80. The molecule has 0 fully saturated rings. The van der Waals surface area contributed by atoms with Gasteiger partial charge in [0.05, 0.1) is 18.0 Å².